The predicted octanol–water partition coefficient (Wildman–Crippen LogP) is 2.94. The first kappa shape index (κ1) is 20.7. The second-order valence-corrected chi connectivity index (χ2v) is 4.10. The second-order valence-electron chi connectivity index (χ2n) is 4.10. The van der Waals surface area contributed by atoms with E-state index in [1.54, 1.807) is 6.07 Å². The van der Waals surface area contributed by atoms with Crippen molar-refractivity contribution in [3.05, 3.63) is 30.1 Å². The third kappa shape index (κ3) is 9.64. The zero-order chi connectivity index (χ0) is 15.7. The number of aliphatic imine (C=N–C) groups is 1. The summed E-state index contributed by atoms with van der Waals surface area (Å²) >= 11 is 0. The highest BCUT2D eigenvalue weighted by atomic mass is 127. The summed E-state index contributed by atoms with van der Waals surface area (Å²) in [4.78, 5) is 3.78. The molecule has 4 nitrogen and oxygen atoms in total. The van der Waals surface area contributed by atoms with Crippen LogP contribution in [0.3, 0.4) is 0 Å². The molecule has 1 aromatic carbocycles. The van der Waals surface area contributed by atoms with Crippen LogP contribution in [0.1, 0.15) is 6.42 Å². The summed E-state index contributed by atoms with van der Waals surface area (Å²) in [7, 11) is 1.45. The summed E-state index contributed by atoms with van der Waals surface area (Å²) in [5.41, 5.74) is 0. The largest absolute Gasteiger partial charge is 0.492 e. The number of alkyl halides is 3. The number of benzene rings is 1. The van der Waals surface area contributed by atoms with E-state index >= 15 is 0 Å². The molecular formula is C13H18F4IN3O. The van der Waals surface area contributed by atoms with Gasteiger partial charge >= 0.3 is 6.18 Å². The average Bonchev–Trinajstić information content (AvgIpc) is 2.40. The number of hydrogen-bond donors (Lipinski definition) is 2. The van der Waals surface area contributed by atoms with Crippen molar-refractivity contribution in [2.45, 2.75) is 12.6 Å². The van der Waals surface area contributed by atoms with Crippen LogP contribution in [-0.4, -0.2) is 38.9 Å². The van der Waals surface area contributed by atoms with Crippen LogP contribution >= 0.6 is 24.0 Å². The fraction of sp³-hybridized carbons (Fsp3) is 0.462. The van der Waals surface area contributed by atoms with Crippen molar-refractivity contribution in [2.24, 2.45) is 4.99 Å². The minimum atomic E-state index is -4.20. The summed E-state index contributed by atoms with van der Waals surface area (Å²) < 4.78 is 54.1. The van der Waals surface area contributed by atoms with Crippen molar-refractivity contribution < 1.29 is 22.3 Å². The first-order valence-electron chi connectivity index (χ1n) is 6.30. The molecular weight excluding hydrogens is 417 g/mol. The van der Waals surface area contributed by atoms with Gasteiger partial charge in [-0.3, -0.25) is 4.99 Å². The maximum absolute atomic E-state index is 12.9. The molecule has 0 saturated carbocycles. The van der Waals surface area contributed by atoms with Gasteiger partial charge in [0.15, 0.2) is 5.96 Å². The van der Waals surface area contributed by atoms with Crippen molar-refractivity contribution in [1.82, 2.24) is 10.6 Å². The van der Waals surface area contributed by atoms with Crippen LogP contribution in [-0.2, 0) is 0 Å². The first-order valence-corrected chi connectivity index (χ1v) is 6.30. The molecule has 1 aromatic rings. The van der Waals surface area contributed by atoms with Crippen LogP contribution < -0.4 is 15.4 Å². The number of rotatable bonds is 6. The normalized spacial score (nSPS) is 11.6. The molecule has 0 saturated heterocycles. The van der Waals surface area contributed by atoms with Crippen LogP contribution in [0.2, 0.25) is 0 Å². The number of hydrogen-bond acceptors (Lipinski definition) is 2. The number of nitrogens with one attached hydrogen (secondary N) is 2. The number of guanidine groups is 1. The van der Waals surface area contributed by atoms with Gasteiger partial charge in [-0.2, -0.15) is 13.2 Å². The number of nitrogens with zero attached hydrogens (tertiary/aromatic N) is 1. The first-order chi connectivity index (χ1) is 9.90. The summed E-state index contributed by atoms with van der Waals surface area (Å²) in [6.07, 6.45) is -5.14. The Morgan fingerprint density at radius 2 is 1.91 bits per heavy atom. The van der Waals surface area contributed by atoms with E-state index in [2.05, 4.69) is 15.6 Å². The van der Waals surface area contributed by atoms with E-state index in [1.165, 1.54) is 25.2 Å². The molecule has 0 radical (unpaired) electrons. The Bertz CT molecular complexity index is 469. The molecule has 2 N–H and O–H groups in total. The Kier molecular flexibility index (Phi) is 9.86. The lowest BCUT2D eigenvalue weighted by Crippen LogP contribution is -2.40. The van der Waals surface area contributed by atoms with Crippen molar-refractivity contribution >= 4 is 29.9 Å². The zero-order valence-electron chi connectivity index (χ0n) is 11.9. The maximum Gasteiger partial charge on any atom is 0.390 e. The van der Waals surface area contributed by atoms with Crippen molar-refractivity contribution in [1.29, 1.82) is 0 Å². The van der Waals surface area contributed by atoms with Crippen LogP contribution in [0.25, 0.3) is 0 Å². The zero-order valence-corrected chi connectivity index (χ0v) is 14.2. The smallest absolute Gasteiger partial charge is 0.390 e. The summed E-state index contributed by atoms with van der Waals surface area (Å²) in [5.74, 6) is 0.240. The van der Waals surface area contributed by atoms with Crippen LogP contribution in [0.15, 0.2) is 29.3 Å². The Hall–Kier alpha value is -1.26. The Morgan fingerprint density at radius 3 is 2.50 bits per heavy atom. The van der Waals surface area contributed by atoms with Crippen molar-refractivity contribution in [3.63, 3.8) is 0 Å². The molecule has 0 unspecified atom stereocenters. The van der Waals surface area contributed by atoms with E-state index in [0.717, 1.165) is 0 Å². The number of halogens is 5. The Morgan fingerprint density at radius 1 is 1.23 bits per heavy atom. The SMILES string of the molecule is CN=C(NCCOc1cccc(F)c1)NCCC(F)(F)F.I. The van der Waals surface area contributed by atoms with Crippen LogP contribution in [0.4, 0.5) is 17.6 Å². The standard InChI is InChI=1S/C13H17F4N3O.HI/c1-18-12(19-6-5-13(15,16)17)20-7-8-21-11-4-2-3-10(14)9-11;/h2-4,9H,5-8H2,1H3,(H2,18,19,20);1H. The van der Waals surface area contributed by atoms with Gasteiger partial charge in [0.2, 0.25) is 0 Å². The van der Waals surface area contributed by atoms with Crippen molar-refractivity contribution in [3.8, 4) is 5.75 Å². The summed E-state index contributed by atoms with van der Waals surface area (Å²) in [6.45, 7) is 0.291. The third-order valence-corrected chi connectivity index (χ3v) is 2.38. The minimum absolute atomic E-state index is 0. The lowest BCUT2D eigenvalue weighted by atomic mass is 10.3. The van der Waals surface area contributed by atoms with Gasteiger partial charge in [0.05, 0.1) is 13.0 Å². The lowest BCUT2D eigenvalue weighted by Gasteiger charge is -2.13. The van der Waals surface area contributed by atoms with Crippen molar-refractivity contribution in [2.75, 3.05) is 26.7 Å². The fourth-order valence-corrected chi connectivity index (χ4v) is 1.44. The summed E-state index contributed by atoms with van der Waals surface area (Å²) in [5, 5.41) is 5.33. The fourth-order valence-electron chi connectivity index (χ4n) is 1.44. The van der Waals surface area contributed by atoms with Gasteiger partial charge in [-0.05, 0) is 12.1 Å². The van der Waals surface area contributed by atoms with Gasteiger partial charge in [0.1, 0.15) is 18.2 Å². The highest BCUT2D eigenvalue weighted by Crippen LogP contribution is 2.18. The van der Waals surface area contributed by atoms with E-state index < -0.39 is 18.4 Å². The van der Waals surface area contributed by atoms with E-state index in [-0.39, 0.29) is 43.1 Å². The molecule has 126 valence electrons. The minimum Gasteiger partial charge on any atom is -0.492 e. The van der Waals surface area contributed by atoms with E-state index in [4.69, 9.17) is 4.74 Å². The topological polar surface area (TPSA) is 45.7 Å². The highest BCUT2D eigenvalue weighted by molar-refractivity contribution is 14.0. The molecule has 0 aliphatic heterocycles. The monoisotopic (exact) mass is 435 g/mol. The number of ether oxygens (including phenoxy) is 1. The Balaban J connectivity index is 0.00000441. The quantitative estimate of drug-likeness (QED) is 0.238. The van der Waals surface area contributed by atoms with Gasteiger partial charge in [-0.15, -0.1) is 24.0 Å². The molecule has 0 aliphatic carbocycles. The van der Waals surface area contributed by atoms with Gasteiger partial charge in [-0.25, -0.2) is 4.39 Å². The predicted molar refractivity (Wildman–Crippen MR) is 87.3 cm³/mol. The van der Waals surface area contributed by atoms with E-state index in [0.29, 0.717) is 12.3 Å². The average molecular weight is 435 g/mol. The molecule has 0 amide bonds. The van der Waals surface area contributed by atoms with Crippen LogP contribution in [0, 0.1) is 5.82 Å². The molecule has 0 heterocycles. The highest BCUT2D eigenvalue weighted by Gasteiger charge is 2.26. The molecule has 0 fully saturated rings. The molecule has 0 aromatic heterocycles. The molecule has 0 spiro atoms. The van der Waals surface area contributed by atoms with Gasteiger partial charge in [-0.1, -0.05) is 6.07 Å². The Labute approximate surface area is 143 Å². The molecule has 0 bridgehead atoms. The van der Waals surface area contributed by atoms with Gasteiger partial charge in [0.25, 0.3) is 0 Å². The van der Waals surface area contributed by atoms with Gasteiger partial charge in [0, 0.05) is 19.7 Å². The molecule has 1 rings (SSSR count). The maximum atomic E-state index is 12.9. The molecule has 0 aliphatic rings. The third-order valence-electron chi connectivity index (χ3n) is 2.38. The lowest BCUT2D eigenvalue weighted by molar-refractivity contribution is -0.132. The molecule has 0 atom stereocenters. The van der Waals surface area contributed by atoms with E-state index in [1.807, 2.05) is 0 Å². The van der Waals surface area contributed by atoms with E-state index in [9.17, 15) is 17.6 Å². The molecule has 22 heavy (non-hydrogen) atoms. The summed E-state index contributed by atoms with van der Waals surface area (Å²) in [6, 6.07) is 5.68. The van der Waals surface area contributed by atoms with Gasteiger partial charge < -0.3 is 15.4 Å². The van der Waals surface area contributed by atoms with Crippen LogP contribution in [0.5, 0.6) is 5.75 Å². The second kappa shape index (κ2) is 10.5. The molecule has 9 heteroatoms.